The zero-order valence-corrected chi connectivity index (χ0v) is 17.6. The van der Waals surface area contributed by atoms with Gasteiger partial charge >= 0.3 is 0 Å². The van der Waals surface area contributed by atoms with E-state index in [0.29, 0.717) is 38.0 Å². The van der Waals surface area contributed by atoms with E-state index < -0.39 is 10.0 Å². The second kappa shape index (κ2) is 8.57. The average Bonchev–Trinajstić information content (AvgIpc) is 3.14. The molecule has 1 atom stereocenters. The summed E-state index contributed by atoms with van der Waals surface area (Å²) in [5, 5.41) is 11.2. The van der Waals surface area contributed by atoms with E-state index in [9.17, 15) is 13.2 Å². The van der Waals surface area contributed by atoms with Crippen LogP contribution in [0.5, 0.6) is 0 Å². The van der Waals surface area contributed by atoms with E-state index in [1.165, 1.54) is 4.31 Å². The van der Waals surface area contributed by atoms with Crippen molar-refractivity contribution in [2.24, 2.45) is 5.92 Å². The van der Waals surface area contributed by atoms with Gasteiger partial charge in [0.25, 0.3) is 0 Å². The fourth-order valence-electron chi connectivity index (χ4n) is 3.48. The maximum atomic E-state index is 13.0. The molecular weight excluding hydrogens is 378 g/mol. The van der Waals surface area contributed by atoms with Crippen LogP contribution in [0.15, 0.2) is 23.1 Å². The van der Waals surface area contributed by atoms with Crippen molar-refractivity contribution in [3.8, 4) is 0 Å². The molecule has 8 nitrogen and oxygen atoms in total. The summed E-state index contributed by atoms with van der Waals surface area (Å²) in [6.45, 7) is 7.50. The molecule has 1 fully saturated rings. The minimum atomic E-state index is -3.61. The Morgan fingerprint density at radius 2 is 2.00 bits per heavy atom. The molecule has 1 aliphatic rings. The third-order valence-corrected chi connectivity index (χ3v) is 7.36. The van der Waals surface area contributed by atoms with Crippen molar-refractivity contribution in [3.05, 3.63) is 18.2 Å². The summed E-state index contributed by atoms with van der Waals surface area (Å²) in [7, 11) is -3.61. The van der Waals surface area contributed by atoms with Gasteiger partial charge in [0, 0.05) is 25.6 Å². The molecule has 1 N–H and O–H groups in total. The minimum absolute atomic E-state index is 0.0296. The average molecular weight is 408 g/mol. The second-order valence-electron chi connectivity index (χ2n) is 7.41. The first-order valence-electron chi connectivity index (χ1n) is 10.0. The predicted octanol–water partition coefficient (Wildman–Crippen LogP) is 2.33. The third kappa shape index (κ3) is 4.05. The number of fused-ring (bicyclic) bond motifs is 1. The highest BCUT2D eigenvalue weighted by Gasteiger charge is 2.32. The molecule has 0 radical (unpaired) electrons. The maximum Gasteiger partial charge on any atom is 0.243 e. The number of carbonyl (C=O) groups excluding carboxylic acids is 1. The Balaban J connectivity index is 1.74. The lowest BCUT2D eigenvalue weighted by Crippen LogP contribution is -2.43. The van der Waals surface area contributed by atoms with E-state index in [-0.39, 0.29) is 22.8 Å². The molecule has 2 aromatic rings. The standard InChI is InChI=1S/C19H29N5O3S/c1-4-10-20-19(25)15-8-11-23(12-9-15)28(26,27)16-6-7-18-17(13-16)21-22-24(18)14(3)5-2/h6-7,13-15H,4-5,8-12H2,1-3H3,(H,20,25). The summed E-state index contributed by atoms with van der Waals surface area (Å²) >= 11 is 0. The lowest BCUT2D eigenvalue weighted by molar-refractivity contribution is -0.126. The van der Waals surface area contributed by atoms with Gasteiger partial charge in [-0.15, -0.1) is 5.10 Å². The van der Waals surface area contributed by atoms with Gasteiger partial charge < -0.3 is 5.32 Å². The van der Waals surface area contributed by atoms with Crippen LogP contribution in [-0.2, 0) is 14.8 Å². The Kier molecular flexibility index (Phi) is 6.34. The van der Waals surface area contributed by atoms with Crippen molar-refractivity contribution in [2.75, 3.05) is 19.6 Å². The lowest BCUT2D eigenvalue weighted by atomic mass is 9.97. The van der Waals surface area contributed by atoms with Gasteiger partial charge in [0.15, 0.2) is 0 Å². The Morgan fingerprint density at radius 3 is 2.64 bits per heavy atom. The fraction of sp³-hybridized carbons (Fsp3) is 0.632. The normalized spacial score (nSPS) is 17.7. The van der Waals surface area contributed by atoms with Crippen LogP contribution in [0, 0.1) is 5.92 Å². The van der Waals surface area contributed by atoms with E-state index in [2.05, 4.69) is 29.5 Å². The van der Waals surface area contributed by atoms with Crippen LogP contribution in [0.1, 0.15) is 52.5 Å². The molecule has 2 heterocycles. The van der Waals surface area contributed by atoms with Gasteiger partial charge in [-0.2, -0.15) is 4.31 Å². The summed E-state index contributed by atoms with van der Waals surface area (Å²) in [6.07, 6.45) is 2.89. The number of benzene rings is 1. The molecule has 154 valence electrons. The van der Waals surface area contributed by atoms with Crippen molar-refractivity contribution in [1.29, 1.82) is 0 Å². The molecule has 1 unspecified atom stereocenters. The highest BCUT2D eigenvalue weighted by Crippen LogP contribution is 2.26. The minimum Gasteiger partial charge on any atom is -0.356 e. The lowest BCUT2D eigenvalue weighted by Gasteiger charge is -2.30. The molecule has 1 aliphatic heterocycles. The molecule has 0 bridgehead atoms. The van der Waals surface area contributed by atoms with Crippen LogP contribution in [-0.4, -0.2) is 53.3 Å². The van der Waals surface area contributed by atoms with Crippen LogP contribution in [0.4, 0.5) is 0 Å². The highest BCUT2D eigenvalue weighted by atomic mass is 32.2. The molecule has 1 aromatic heterocycles. The van der Waals surface area contributed by atoms with E-state index in [4.69, 9.17) is 0 Å². The summed E-state index contributed by atoms with van der Waals surface area (Å²) in [5.74, 6) is -0.0853. The monoisotopic (exact) mass is 407 g/mol. The molecule has 0 saturated carbocycles. The Labute approximate surface area is 166 Å². The molecule has 3 rings (SSSR count). The number of hydrogen-bond acceptors (Lipinski definition) is 5. The highest BCUT2D eigenvalue weighted by molar-refractivity contribution is 7.89. The van der Waals surface area contributed by atoms with Gasteiger partial charge in [-0.3, -0.25) is 4.79 Å². The predicted molar refractivity (Wildman–Crippen MR) is 107 cm³/mol. The molecule has 1 amide bonds. The topological polar surface area (TPSA) is 97.2 Å². The first-order valence-corrected chi connectivity index (χ1v) is 11.4. The number of hydrogen-bond donors (Lipinski definition) is 1. The summed E-state index contributed by atoms with van der Waals surface area (Å²) in [4.78, 5) is 12.3. The summed E-state index contributed by atoms with van der Waals surface area (Å²) in [5.41, 5.74) is 1.41. The van der Waals surface area contributed by atoms with Crippen molar-refractivity contribution in [3.63, 3.8) is 0 Å². The van der Waals surface area contributed by atoms with E-state index in [0.717, 1.165) is 18.4 Å². The Morgan fingerprint density at radius 1 is 1.29 bits per heavy atom. The zero-order valence-electron chi connectivity index (χ0n) is 16.8. The maximum absolute atomic E-state index is 13.0. The number of rotatable bonds is 7. The van der Waals surface area contributed by atoms with Crippen molar-refractivity contribution < 1.29 is 13.2 Å². The van der Waals surface area contributed by atoms with Crippen LogP contribution in [0.2, 0.25) is 0 Å². The molecule has 1 aromatic carbocycles. The van der Waals surface area contributed by atoms with Crippen LogP contribution >= 0.6 is 0 Å². The first-order chi connectivity index (χ1) is 13.4. The SMILES string of the molecule is CCCNC(=O)C1CCN(S(=O)(=O)c2ccc3c(c2)nnn3C(C)CC)CC1. The number of sulfonamides is 1. The summed E-state index contributed by atoms with van der Waals surface area (Å²) in [6, 6.07) is 5.20. The van der Waals surface area contributed by atoms with Gasteiger partial charge in [0.1, 0.15) is 5.52 Å². The molecule has 1 saturated heterocycles. The van der Waals surface area contributed by atoms with Gasteiger partial charge in [-0.1, -0.05) is 19.1 Å². The summed E-state index contributed by atoms with van der Waals surface area (Å²) < 4.78 is 29.4. The van der Waals surface area contributed by atoms with E-state index in [1.54, 1.807) is 18.2 Å². The van der Waals surface area contributed by atoms with Crippen molar-refractivity contribution in [1.82, 2.24) is 24.6 Å². The van der Waals surface area contributed by atoms with Gasteiger partial charge in [0.2, 0.25) is 15.9 Å². The van der Waals surface area contributed by atoms with Crippen LogP contribution < -0.4 is 5.32 Å². The van der Waals surface area contributed by atoms with Gasteiger partial charge in [-0.05, 0) is 50.8 Å². The molecule has 0 spiro atoms. The molecular formula is C19H29N5O3S. The largest absolute Gasteiger partial charge is 0.356 e. The number of nitrogens with zero attached hydrogens (tertiary/aromatic N) is 4. The Bertz CT molecular complexity index is 932. The van der Waals surface area contributed by atoms with Crippen LogP contribution in [0.25, 0.3) is 11.0 Å². The molecule has 9 heteroatoms. The van der Waals surface area contributed by atoms with Crippen molar-refractivity contribution in [2.45, 2.75) is 57.4 Å². The van der Waals surface area contributed by atoms with Gasteiger partial charge in [-0.25, -0.2) is 13.1 Å². The second-order valence-corrected chi connectivity index (χ2v) is 9.35. The van der Waals surface area contributed by atoms with Crippen LogP contribution in [0.3, 0.4) is 0 Å². The smallest absolute Gasteiger partial charge is 0.243 e. The number of nitrogens with one attached hydrogen (secondary N) is 1. The molecule has 0 aliphatic carbocycles. The van der Waals surface area contributed by atoms with Gasteiger partial charge in [0.05, 0.1) is 16.5 Å². The fourth-order valence-corrected chi connectivity index (χ4v) is 4.97. The first kappa shape index (κ1) is 20.7. The quantitative estimate of drug-likeness (QED) is 0.760. The Hall–Kier alpha value is -2.00. The number of amides is 1. The van der Waals surface area contributed by atoms with E-state index >= 15 is 0 Å². The molecule has 28 heavy (non-hydrogen) atoms. The zero-order chi connectivity index (χ0) is 20.3. The number of carbonyl (C=O) groups is 1. The van der Waals surface area contributed by atoms with E-state index in [1.807, 2.05) is 11.6 Å². The third-order valence-electron chi connectivity index (χ3n) is 5.46. The number of aromatic nitrogens is 3. The van der Waals surface area contributed by atoms with Crippen molar-refractivity contribution >= 4 is 27.0 Å². The number of piperidine rings is 1.